The number of hydrogen-bond acceptors (Lipinski definition) is 11. The maximum Gasteiger partial charge on any atom is 0.352 e. The van der Waals surface area contributed by atoms with Crippen LogP contribution in [-0.2, 0) is 35.3 Å². The van der Waals surface area contributed by atoms with Gasteiger partial charge in [0.05, 0.1) is 11.3 Å². The van der Waals surface area contributed by atoms with Gasteiger partial charge >= 0.3 is 11.9 Å². The number of carboxylic acid groups (broad SMARTS) is 1. The Kier molecular flexibility index (Phi) is 8.16. The number of carbonyl (C=O) groups excluding carboxylic acids is 3. The van der Waals surface area contributed by atoms with Crippen LogP contribution in [0.25, 0.3) is 10.1 Å². The highest BCUT2D eigenvalue weighted by Gasteiger charge is 2.54. The summed E-state index contributed by atoms with van der Waals surface area (Å²) in [6.45, 7) is 1.53. The van der Waals surface area contributed by atoms with Crippen molar-refractivity contribution in [3.8, 4) is 0 Å². The predicted octanol–water partition coefficient (Wildman–Crippen LogP) is 0.889. The number of hydrogen-bond donors (Lipinski definition) is 3. The first-order valence-electron chi connectivity index (χ1n) is 12.4. The molecule has 3 aromatic rings. The van der Waals surface area contributed by atoms with Gasteiger partial charge in [0.15, 0.2) is 24.7 Å². The summed E-state index contributed by atoms with van der Waals surface area (Å²) in [5, 5.41) is 18.8. The minimum atomic E-state index is -1.22. The van der Waals surface area contributed by atoms with Crippen LogP contribution < -0.4 is 15.6 Å². The molecule has 5 heterocycles. The maximum absolute atomic E-state index is 13.3. The zero-order valence-electron chi connectivity index (χ0n) is 21.7. The van der Waals surface area contributed by atoms with Crippen molar-refractivity contribution in [2.24, 2.45) is 5.16 Å². The lowest BCUT2D eigenvalue weighted by Gasteiger charge is -2.49. The lowest BCUT2D eigenvalue weighted by Crippen LogP contribution is -2.71. The molecule has 0 saturated carbocycles. The molecule has 1 unspecified atom stereocenters. The third-order valence-electron chi connectivity index (χ3n) is 6.24. The van der Waals surface area contributed by atoms with Crippen LogP contribution in [0.1, 0.15) is 12.6 Å². The number of fused-ring (bicyclic) bond motifs is 2. The molecule has 0 aliphatic carbocycles. The molecule has 2 aliphatic heterocycles. The number of nitrogens with one attached hydrogen (secondary N) is 1. The van der Waals surface area contributed by atoms with E-state index < -0.39 is 41.8 Å². The Morgan fingerprint density at radius 3 is 2.88 bits per heavy atom. The minimum Gasteiger partial charge on any atom is -0.477 e. The van der Waals surface area contributed by atoms with E-state index in [0.29, 0.717) is 17.9 Å². The smallest absolute Gasteiger partial charge is 0.352 e. The molecule has 0 aromatic carbocycles. The SMILES string of the molecule is CCOC(=O)CON=C(C(=O)NC1C(=O)N2C(C(=O)O)=C(C[n+]3ccc4ccsc4c3)CS[C@H]12)c1cccc(N)n1. The number of aliphatic carboxylic acids is 1. The molecule has 1 fully saturated rings. The van der Waals surface area contributed by atoms with Gasteiger partial charge in [0.2, 0.25) is 6.61 Å². The molecule has 1 saturated heterocycles. The van der Waals surface area contributed by atoms with Gasteiger partial charge in [-0.05, 0) is 30.5 Å². The number of esters is 1. The topological polar surface area (TPSA) is 177 Å². The van der Waals surface area contributed by atoms with Gasteiger partial charge in [-0.15, -0.1) is 23.1 Å². The molecule has 2 atom stereocenters. The van der Waals surface area contributed by atoms with Crippen LogP contribution in [0.2, 0.25) is 0 Å². The summed E-state index contributed by atoms with van der Waals surface area (Å²) in [7, 11) is 0. The highest BCUT2D eigenvalue weighted by atomic mass is 32.2. The number of pyridine rings is 2. The van der Waals surface area contributed by atoms with Crippen LogP contribution in [0.3, 0.4) is 0 Å². The predicted molar refractivity (Wildman–Crippen MR) is 149 cm³/mol. The van der Waals surface area contributed by atoms with E-state index in [9.17, 15) is 24.3 Å². The summed E-state index contributed by atoms with van der Waals surface area (Å²) in [6, 6.07) is 7.48. The zero-order valence-corrected chi connectivity index (χ0v) is 23.3. The molecule has 4 N–H and O–H groups in total. The Balaban J connectivity index is 1.34. The second-order valence-electron chi connectivity index (χ2n) is 8.94. The highest BCUT2D eigenvalue weighted by Crippen LogP contribution is 2.40. The molecular formula is C26H25N6O7S2+. The van der Waals surface area contributed by atoms with Crippen molar-refractivity contribution in [1.29, 1.82) is 0 Å². The van der Waals surface area contributed by atoms with Gasteiger partial charge in [-0.25, -0.2) is 14.6 Å². The van der Waals surface area contributed by atoms with Crippen LogP contribution >= 0.6 is 23.1 Å². The Labute approximate surface area is 241 Å². The van der Waals surface area contributed by atoms with E-state index in [4.69, 9.17) is 15.3 Å². The number of ether oxygens (including phenoxy) is 1. The molecule has 0 spiro atoms. The number of nitrogens with zero attached hydrogens (tertiary/aromatic N) is 4. The fourth-order valence-electron chi connectivity index (χ4n) is 4.42. The molecule has 41 heavy (non-hydrogen) atoms. The fourth-order valence-corrected chi connectivity index (χ4v) is 6.58. The number of nitrogen functional groups attached to an aromatic ring is 1. The molecule has 13 nitrogen and oxygen atoms in total. The van der Waals surface area contributed by atoms with Gasteiger partial charge < -0.3 is 25.7 Å². The van der Waals surface area contributed by atoms with E-state index in [1.165, 1.54) is 28.8 Å². The van der Waals surface area contributed by atoms with Crippen LogP contribution in [0.4, 0.5) is 5.82 Å². The Morgan fingerprint density at radius 2 is 2.12 bits per heavy atom. The number of rotatable bonds is 10. The first-order chi connectivity index (χ1) is 19.8. The molecule has 3 aromatic heterocycles. The van der Waals surface area contributed by atoms with Gasteiger partial charge in [0, 0.05) is 22.8 Å². The number of carbonyl (C=O) groups is 4. The van der Waals surface area contributed by atoms with Crippen molar-refractivity contribution in [2.45, 2.75) is 24.9 Å². The number of thioether (sulfide) groups is 1. The number of anilines is 1. The summed E-state index contributed by atoms with van der Waals surface area (Å²) < 4.78 is 7.74. The largest absolute Gasteiger partial charge is 0.477 e. The second kappa shape index (κ2) is 11.9. The summed E-state index contributed by atoms with van der Waals surface area (Å²) >= 11 is 2.93. The van der Waals surface area contributed by atoms with Crippen molar-refractivity contribution in [1.82, 2.24) is 15.2 Å². The highest BCUT2D eigenvalue weighted by molar-refractivity contribution is 8.00. The summed E-state index contributed by atoms with van der Waals surface area (Å²) in [5.41, 5.74) is 5.98. The van der Waals surface area contributed by atoms with E-state index in [2.05, 4.69) is 15.5 Å². The molecule has 0 radical (unpaired) electrons. The number of oxime groups is 1. The van der Waals surface area contributed by atoms with E-state index in [-0.39, 0.29) is 29.5 Å². The van der Waals surface area contributed by atoms with Crippen molar-refractivity contribution >= 4 is 68.5 Å². The molecule has 15 heteroatoms. The lowest BCUT2D eigenvalue weighted by atomic mass is 10.0. The number of carboxylic acids is 1. The molecule has 2 amide bonds. The van der Waals surface area contributed by atoms with E-state index in [1.807, 2.05) is 34.5 Å². The summed E-state index contributed by atoms with van der Waals surface area (Å²) in [5.74, 6) is -2.83. The number of β-lactam (4-membered cyclic amide) rings is 1. The Bertz CT molecular complexity index is 1600. The third kappa shape index (κ3) is 5.85. The number of amides is 2. The van der Waals surface area contributed by atoms with E-state index in [1.54, 1.807) is 24.3 Å². The van der Waals surface area contributed by atoms with Crippen molar-refractivity contribution in [3.05, 3.63) is 65.1 Å². The Morgan fingerprint density at radius 1 is 1.29 bits per heavy atom. The van der Waals surface area contributed by atoms with Gasteiger partial charge in [0.1, 0.15) is 28.6 Å². The van der Waals surface area contributed by atoms with Crippen LogP contribution in [0.5, 0.6) is 0 Å². The zero-order chi connectivity index (χ0) is 29.1. The van der Waals surface area contributed by atoms with Crippen LogP contribution in [0.15, 0.2) is 64.5 Å². The van der Waals surface area contributed by atoms with E-state index >= 15 is 0 Å². The van der Waals surface area contributed by atoms with Crippen LogP contribution in [-0.4, -0.2) is 74.8 Å². The summed E-state index contributed by atoms with van der Waals surface area (Å²) in [6.07, 6.45) is 3.81. The maximum atomic E-state index is 13.3. The lowest BCUT2D eigenvalue weighted by molar-refractivity contribution is -0.687. The average Bonchev–Trinajstić information content (AvgIpc) is 3.41. The monoisotopic (exact) mass is 597 g/mol. The average molecular weight is 598 g/mol. The first kappa shape index (κ1) is 28.0. The normalized spacial score (nSPS) is 18.5. The summed E-state index contributed by atoms with van der Waals surface area (Å²) in [4.78, 5) is 60.7. The molecular weight excluding hydrogens is 572 g/mol. The quantitative estimate of drug-likeness (QED) is 0.1000. The minimum absolute atomic E-state index is 0.0550. The second-order valence-corrected chi connectivity index (χ2v) is 11.0. The Hall–Kier alpha value is -4.50. The van der Waals surface area contributed by atoms with E-state index in [0.717, 1.165) is 10.1 Å². The van der Waals surface area contributed by atoms with Crippen molar-refractivity contribution in [3.63, 3.8) is 0 Å². The standard InChI is InChI=1S/C26H24N6O7S2/c1-2-38-19(33)12-39-30-20(16-4-3-5-18(27)28-16)23(34)29-21-24(35)32-22(26(36)37)15(13-41-25(21)32)10-31-8-6-14-7-9-40-17(14)11-31/h3-9,11,21,25H,2,10,12-13H2,1H3,(H3-,27,28,29,34,36,37)/p+1/t21?,25-/m1/s1. The number of aromatic nitrogens is 2. The molecule has 212 valence electrons. The van der Waals surface area contributed by atoms with Gasteiger partial charge in [-0.3, -0.25) is 14.5 Å². The fraction of sp³-hybridized carbons (Fsp3) is 0.269. The number of thiophene rings is 1. The molecule has 0 bridgehead atoms. The van der Waals surface area contributed by atoms with Crippen molar-refractivity contribution in [2.75, 3.05) is 24.7 Å². The van der Waals surface area contributed by atoms with Crippen LogP contribution in [0, 0.1) is 0 Å². The van der Waals surface area contributed by atoms with Gasteiger partial charge in [0.25, 0.3) is 11.8 Å². The van der Waals surface area contributed by atoms with Crippen molar-refractivity contribution < 1.29 is 38.4 Å². The van der Waals surface area contributed by atoms with Gasteiger partial charge in [-0.2, -0.15) is 4.57 Å². The first-order valence-corrected chi connectivity index (χ1v) is 14.3. The molecule has 2 aliphatic rings. The number of nitrogens with two attached hydrogens (primary N) is 1. The molecule has 5 rings (SSSR count). The third-order valence-corrected chi connectivity index (χ3v) is 8.44. The van der Waals surface area contributed by atoms with Gasteiger partial charge in [-0.1, -0.05) is 11.2 Å².